The standard InChI is InChI=1S/C30H37Cl/c1-28(2,3)23-13-17-26(18-14-23)30(21-10-22-31,25-11-8-7-9-12-25)27-19-15-24(16-20-27)29(4,5)6/h7-9,11-20H,10,21-22H2,1-6H3. The van der Waals surface area contributed by atoms with Gasteiger partial charge < -0.3 is 0 Å². The van der Waals surface area contributed by atoms with Gasteiger partial charge in [0.05, 0.1) is 0 Å². The second-order valence-corrected chi connectivity index (χ2v) is 11.1. The Bertz CT molecular complexity index is 895. The third-order valence-corrected chi connectivity index (χ3v) is 6.71. The van der Waals surface area contributed by atoms with Crippen LogP contribution in [-0.4, -0.2) is 5.88 Å². The van der Waals surface area contributed by atoms with Crippen LogP contribution in [0, 0.1) is 0 Å². The van der Waals surface area contributed by atoms with E-state index in [1.165, 1.54) is 27.8 Å². The summed E-state index contributed by atoms with van der Waals surface area (Å²) in [6.07, 6.45) is 1.93. The predicted molar refractivity (Wildman–Crippen MR) is 137 cm³/mol. The number of hydrogen-bond acceptors (Lipinski definition) is 0. The van der Waals surface area contributed by atoms with Gasteiger partial charge in [-0.15, -0.1) is 11.6 Å². The molecule has 0 aromatic heterocycles. The Morgan fingerprint density at radius 2 is 0.871 bits per heavy atom. The lowest BCUT2D eigenvalue weighted by molar-refractivity contribution is 0.546. The van der Waals surface area contributed by atoms with Crippen molar-refractivity contribution in [3.8, 4) is 0 Å². The topological polar surface area (TPSA) is 0 Å². The van der Waals surface area contributed by atoms with Crippen LogP contribution >= 0.6 is 11.6 Å². The highest BCUT2D eigenvalue weighted by molar-refractivity contribution is 6.17. The fraction of sp³-hybridized carbons (Fsp3) is 0.400. The molecule has 0 aliphatic heterocycles. The lowest BCUT2D eigenvalue weighted by Gasteiger charge is -2.37. The molecular weight excluding hydrogens is 396 g/mol. The lowest BCUT2D eigenvalue weighted by atomic mass is 9.66. The summed E-state index contributed by atoms with van der Waals surface area (Å²) in [5.41, 5.74) is 6.77. The maximum Gasteiger partial charge on any atom is 0.0451 e. The summed E-state index contributed by atoms with van der Waals surface area (Å²) < 4.78 is 0. The van der Waals surface area contributed by atoms with E-state index in [4.69, 9.17) is 11.6 Å². The van der Waals surface area contributed by atoms with Crippen molar-refractivity contribution in [1.82, 2.24) is 0 Å². The molecule has 31 heavy (non-hydrogen) atoms. The molecule has 0 nitrogen and oxygen atoms in total. The van der Waals surface area contributed by atoms with E-state index in [1.54, 1.807) is 0 Å². The van der Waals surface area contributed by atoms with Crippen LogP contribution in [0.15, 0.2) is 78.9 Å². The van der Waals surface area contributed by atoms with Crippen LogP contribution in [-0.2, 0) is 16.2 Å². The van der Waals surface area contributed by atoms with Crippen molar-refractivity contribution in [3.63, 3.8) is 0 Å². The third kappa shape index (κ3) is 5.07. The van der Waals surface area contributed by atoms with Gasteiger partial charge in [-0.3, -0.25) is 0 Å². The maximum atomic E-state index is 6.24. The summed E-state index contributed by atoms with van der Waals surface area (Å²) in [7, 11) is 0. The monoisotopic (exact) mass is 432 g/mol. The number of hydrogen-bond donors (Lipinski definition) is 0. The minimum absolute atomic E-state index is 0.137. The quantitative estimate of drug-likeness (QED) is 0.270. The number of alkyl halides is 1. The van der Waals surface area contributed by atoms with Crippen molar-refractivity contribution in [1.29, 1.82) is 0 Å². The van der Waals surface area contributed by atoms with Crippen molar-refractivity contribution in [3.05, 3.63) is 107 Å². The highest BCUT2D eigenvalue weighted by atomic mass is 35.5. The Hall–Kier alpha value is -2.05. The largest absolute Gasteiger partial charge is 0.127 e. The fourth-order valence-corrected chi connectivity index (χ4v) is 4.63. The lowest BCUT2D eigenvalue weighted by Crippen LogP contribution is -2.30. The molecule has 0 radical (unpaired) electrons. The number of benzene rings is 3. The molecule has 0 bridgehead atoms. The Kier molecular flexibility index (Phi) is 7.01. The Morgan fingerprint density at radius 1 is 0.516 bits per heavy atom. The van der Waals surface area contributed by atoms with Crippen molar-refractivity contribution in [2.45, 2.75) is 70.6 Å². The van der Waals surface area contributed by atoms with Crippen molar-refractivity contribution < 1.29 is 0 Å². The first kappa shape index (κ1) is 23.6. The van der Waals surface area contributed by atoms with Gasteiger partial charge in [0.2, 0.25) is 0 Å². The highest BCUT2D eigenvalue weighted by Crippen LogP contribution is 2.44. The summed E-state index contributed by atoms with van der Waals surface area (Å²) >= 11 is 6.24. The Labute approximate surface area is 194 Å². The molecule has 0 atom stereocenters. The SMILES string of the molecule is CC(C)(C)c1ccc(C(CCCCl)(c2ccccc2)c2ccc(C(C)(C)C)cc2)cc1. The van der Waals surface area contributed by atoms with Crippen LogP contribution in [0.1, 0.15) is 82.2 Å². The van der Waals surface area contributed by atoms with Crippen molar-refractivity contribution in [2.75, 3.05) is 5.88 Å². The molecule has 0 spiro atoms. The molecule has 3 aromatic rings. The zero-order valence-electron chi connectivity index (χ0n) is 20.0. The first-order valence-electron chi connectivity index (χ1n) is 11.4. The summed E-state index contributed by atoms with van der Waals surface area (Å²) in [5, 5.41) is 0. The molecule has 0 saturated heterocycles. The van der Waals surface area contributed by atoms with E-state index >= 15 is 0 Å². The van der Waals surface area contributed by atoms with E-state index in [0.717, 1.165) is 12.8 Å². The second kappa shape index (κ2) is 9.21. The van der Waals surface area contributed by atoms with Gasteiger partial charge in [-0.05, 0) is 51.5 Å². The van der Waals surface area contributed by atoms with E-state index in [0.29, 0.717) is 5.88 Å². The average Bonchev–Trinajstić information content (AvgIpc) is 2.74. The van der Waals surface area contributed by atoms with Crippen LogP contribution in [0.5, 0.6) is 0 Å². The Morgan fingerprint density at radius 3 is 1.23 bits per heavy atom. The van der Waals surface area contributed by atoms with Gasteiger partial charge in [0, 0.05) is 11.3 Å². The molecule has 0 fully saturated rings. The third-order valence-electron chi connectivity index (χ3n) is 6.44. The van der Waals surface area contributed by atoms with Gasteiger partial charge in [0.15, 0.2) is 0 Å². The van der Waals surface area contributed by atoms with Gasteiger partial charge in [-0.25, -0.2) is 0 Å². The molecule has 164 valence electrons. The van der Waals surface area contributed by atoms with Crippen LogP contribution in [0.2, 0.25) is 0 Å². The Balaban J connectivity index is 2.23. The average molecular weight is 433 g/mol. The van der Waals surface area contributed by atoms with Gasteiger partial charge in [0.1, 0.15) is 0 Å². The minimum Gasteiger partial charge on any atom is -0.127 e. The molecule has 0 heterocycles. The zero-order chi connectivity index (χ0) is 22.7. The molecule has 0 saturated carbocycles. The molecule has 0 aliphatic carbocycles. The van der Waals surface area contributed by atoms with Crippen LogP contribution in [0.4, 0.5) is 0 Å². The van der Waals surface area contributed by atoms with Gasteiger partial charge in [-0.2, -0.15) is 0 Å². The highest BCUT2D eigenvalue weighted by Gasteiger charge is 2.36. The van der Waals surface area contributed by atoms with Gasteiger partial charge in [-0.1, -0.05) is 120 Å². The normalized spacial score (nSPS) is 12.7. The molecule has 0 amide bonds. The number of halogens is 1. The summed E-state index contributed by atoms with van der Waals surface area (Å²) in [6.45, 7) is 13.6. The summed E-state index contributed by atoms with van der Waals surface area (Å²) in [5.74, 6) is 0.661. The molecule has 3 aromatic carbocycles. The van der Waals surface area contributed by atoms with Crippen LogP contribution in [0.25, 0.3) is 0 Å². The van der Waals surface area contributed by atoms with Crippen LogP contribution < -0.4 is 0 Å². The molecule has 0 unspecified atom stereocenters. The minimum atomic E-state index is -0.219. The molecule has 0 N–H and O–H groups in total. The summed E-state index contributed by atoms with van der Waals surface area (Å²) in [6, 6.07) is 29.5. The second-order valence-electron chi connectivity index (χ2n) is 10.7. The summed E-state index contributed by atoms with van der Waals surface area (Å²) in [4.78, 5) is 0. The maximum absolute atomic E-state index is 6.24. The first-order valence-corrected chi connectivity index (χ1v) is 12.0. The smallest absolute Gasteiger partial charge is 0.0451 e. The molecule has 1 heteroatoms. The van der Waals surface area contributed by atoms with Gasteiger partial charge in [0.25, 0.3) is 0 Å². The molecule has 0 aliphatic rings. The fourth-order valence-electron chi connectivity index (χ4n) is 4.50. The van der Waals surface area contributed by atoms with E-state index in [1.807, 2.05) is 0 Å². The van der Waals surface area contributed by atoms with E-state index in [-0.39, 0.29) is 16.2 Å². The predicted octanol–water partition coefficient (Wildman–Crippen LogP) is 8.64. The van der Waals surface area contributed by atoms with Crippen LogP contribution in [0.3, 0.4) is 0 Å². The number of rotatable bonds is 6. The van der Waals surface area contributed by atoms with E-state index < -0.39 is 0 Å². The molecule has 3 rings (SSSR count). The van der Waals surface area contributed by atoms with Gasteiger partial charge >= 0.3 is 0 Å². The van der Waals surface area contributed by atoms with Crippen molar-refractivity contribution >= 4 is 11.6 Å². The van der Waals surface area contributed by atoms with Crippen molar-refractivity contribution in [2.24, 2.45) is 0 Å². The zero-order valence-corrected chi connectivity index (χ0v) is 20.8. The van der Waals surface area contributed by atoms with E-state index in [9.17, 15) is 0 Å². The first-order chi connectivity index (χ1) is 14.6. The van der Waals surface area contributed by atoms with E-state index in [2.05, 4.69) is 120 Å². The molecular formula is C30H37Cl.